The Kier molecular flexibility index (Phi) is 5.00. The van der Waals surface area contributed by atoms with Crippen molar-refractivity contribution in [1.29, 1.82) is 0 Å². The van der Waals surface area contributed by atoms with Crippen LogP contribution in [0.5, 0.6) is 5.75 Å². The van der Waals surface area contributed by atoms with E-state index in [4.69, 9.17) is 4.74 Å². The molecule has 0 heterocycles. The molecule has 0 unspecified atom stereocenters. The van der Waals surface area contributed by atoms with Crippen LogP contribution >= 0.6 is 0 Å². The van der Waals surface area contributed by atoms with Gasteiger partial charge in [-0.1, -0.05) is 36.4 Å². The Morgan fingerprint density at radius 1 is 1.09 bits per heavy atom. The van der Waals surface area contributed by atoms with Crippen LogP contribution in [0.4, 0.5) is 4.79 Å². The molecule has 0 aromatic heterocycles. The van der Waals surface area contributed by atoms with Crippen molar-refractivity contribution < 1.29 is 17.9 Å². The highest BCUT2D eigenvalue weighted by molar-refractivity contribution is 7.90. The number of benzene rings is 2. The maximum Gasteiger partial charge on any atom is 0.328 e. The summed E-state index contributed by atoms with van der Waals surface area (Å²) in [5.74, 6) is 0.396. The van der Waals surface area contributed by atoms with Crippen LogP contribution in [0.2, 0.25) is 0 Å². The predicted octanol–water partition coefficient (Wildman–Crippen LogP) is 1.88. The van der Waals surface area contributed by atoms with Crippen LogP contribution in [-0.2, 0) is 16.6 Å². The maximum absolute atomic E-state index is 12.1. The first-order valence-electron chi connectivity index (χ1n) is 6.50. The third kappa shape index (κ3) is 4.23. The minimum absolute atomic E-state index is 0.0401. The molecule has 0 aliphatic rings. The van der Waals surface area contributed by atoms with Gasteiger partial charge >= 0.3 is 6.03 Å². The van der Waals surface area contributed by atoms with E-state index in [1.165, 1.54) is 25.3 Å². The number of ether oxygens (including phenoxy) is 1. The Labute approximate surface area is 129 Å². The maximum atomic E-state index is 12.1. The average molecular weight is 320 g/mol. The molecule has 0 saturated heterocycles. The second kappa shape index (κ2) is 6.95. The van der Waals surface area contributed by atoms with E-state index in [2.05, 4.69) is 5.32 Å². The molecule has 116 valence electrons. The van der Waals surface area contributed by atoms with Crippen LogP contribution in [-0.4, -0.2) is 21.6 Å². The number of hydrogen-bond acceptors (Lipinski definition) is 4. The molecular weight excluding hydrogens is 304 g/mol. The van der Waals surface area contributed by atoms with Crippen molar-refractivity contribution in [3.8, 4) is 5.75 Å². The molecule has 0 atom stereocenters. The zero-order valence-corrected chi connectivity index (χ0v) is 12.8. The van der Waals surface area contributed by atoms with Gasteiger partial charge in [-0.05, 0) is 17.7 Å². The Morgan fingerprint density at radius 2 is 1.82 bits per heavy atom. The summed E-state index contributed by atoms with van der Waals surface area (Å²) in [6, 6.07) is 14.3. The lowest BCUT2D eigenvalue weighted by atomic mass is 10.2. The number of rotatable bonds is 5. The van der Waals surface area contributed by atoms with Gasteiger partial charge in [-0.25, -0.2) is 17.9 Å². The molecule has 2 aromatic carbocycles. The summed E-state index contributed by atoms with van der Waals surface area (Å²) in [4.78, 5) is 11.7. The van der Waals surface area contributed by atoms with E-state index in [1.807, 2.05) is 35.1 Å². The van der Waals surface area contributed by atoms with E-state index in [0.717, 1.165) is 5.56 Å². The lowest BCUT2D eigenvalue weighted by Gasteiger charge is -2.09. The van der Waals surface area contributed by atoms with E-state index in [0.29, 0.717) is 5.75 Å². The summed E-state index contributed by atoms with van der Waals surface area (Å²) in [5.41, 5.74) is 0.872. The highest BCUT2D eigenvalue weighted by atomic mass is 32.2. The summed E-state index contributed by atoms with van der Waals surface area (Å²) in [6.07, 6.45) is 0. The van der Waals surface area contributed by atoms with Crippen LogP contribution in [0.3, 0.4) is 0 Å². The molecule has 2 N–H and O–H groups in total. The summed E-state index contributed by atoms with van der Waals surface area (Å²) < 4.78 is 31.1. The monoisotopic (exact) mass is 320 g/mol. The molecule has 0 aliphatic carbocycles. The second-order valence-corrected chi connectivity index (χ2v) is 6.14. The average Bonchev–Trinajstić information content (AvgIpc) is 2.53. The molecule has 22 heavy (non-hydrogen) atoms. The molecule has 2 rings (SSSR count). The van der Waals surface area contributed by atoms with Crippen LogP contribution < -0.4 is 14.8 Å². The van der Waals surface area contributed by atoms with Crippen molar-refractivity contribution in [1.82, 2.24) is 10.0 Å². The van der Waals surface area contributed by atoms with E-state index >= 15 is 0 Å². The largest absolute Gasteiger partial charge is 0.497 e. The number of amides is 2. The van der Waals surface area contributed by atoms with Crippen molar-refractivity contribution in [2.24, 2.45) is 0 Å². The molecular formula is C15H16N2O4S. The van der Waals surface area contributed by atoms with E-state index in [1.54, 1.807) is 6.07 Å². The number of methoxy groups -OCH3 is 1. The highest BCUT2D eigenvalue weighted by Crippen LogP contribution is 2.16. The Bertz CT molecular complexity index is 745. The van der Waals surface area contributed by atoms with Crippen LogP contribution in [0.1, 0.15) is 5.56 Å². The summed E-state index contributed by atoms with van der Waals surface area (Å²) in [6.45, 7) is 0.236. The number of carbonyl (C=O) groups excluding carboxylic acids is 1. The fourth-order valence-electron chi connectivity index (χ4n) is 1.76. The van der Waals surface area contributed by atoms with E-state index < -0.39 is 16.1 Å². The van der Waals surface area contributed by atoms with Gasteiger partial charge in [0.1, 0.15) is 5.75 Å². The lowest BCUT2D eigenvalue weighted by molar-refractivity contribution is 0.245. The van der Waals surface area contributed by atoms with Crippen LogP contribution in [0.25, 0.3) is 0 Å². The quantitative estimate of drug-likeness (QED) is 0.881. The lowest BCUT2D eigenvalue weighted by Crippen LogP contribution is -2.39. The topological polar surface area (TPSA) is 84.5 Å². The molecule has 0 fully saturated rings. The van der Waals surface area contributed by atoms with E-state index in [-0.39, 0.29) is 11.4 Å². The van der Waals surface area contributed by atoms with Gasteiger partial charge in [0.2, 0.25) is 0 Å². The van der Waals surface area contributed by atoms with Crippen LogP contribution in [0, 0.1) is 0 Å². The minimum Gasteiger partial charge on any atom is -0.497 e. The van der Waals surface area contributed by atoms with Gasteiger partial charge < -0.3 is 10.1 Å². The van der Waals surface area contributed by atoms with Gasteiger partial charge in [-0.3, -0.25) is 0 Å². The fraction of sp³-hybridized carbons (Fsp3) is 0.133. The minimum atomic E-state index is -3.94. The van der Waals surface area contributed by atoms with Crippen molar-refractivity contribution in [3.05, 3.63) is 60.2 Å². The van der Waals surface area contributed by atoms with Gasteiger partial charge in [-0.15, -0.1) is 0 Å². The Morgan fingerprint density at radius 3 is 2.50 bits per heavy atom. The van der Waals surface area contributed by atoms with Crippen molar-refractivity contribution >= 4 is 16.1 Å². The molecule has 2 amide bonds. The molecule has 0 saturated carbocycles. The second-order valence-electron chi connectivity index (χ2n) is 4.45. The summed E-state index contributed by atoms with van der Waals surface area (Å²) >= 11 is 0. The van der Waals surface area contributed by atoms with Gasteiger partial charge in [0.25, 0.3) is 10.0 Å². The fourth-order valence-corrected chi connectivity index (χ4v) is 2.73. The predicted molar refractivity (Wildman–Crippen MR) is 82.0 cm³/mol. The third-order valence-corrected chi connectivity index (χ3v) is 4.20. The van der Waals surface area contributed by atoms with Gasteiger partial charge in [0.15, 0.2) is 0 Å². The first-order valence-corrected chi connectivity index (χ1v) is 7.98. The molecule has 7 heteroatoms. The Hall–Kier alpha value is -2.54. The number of nitrogens with one attached hydrogen (secondary N) is 2. The van der Waals surface area contributed by atoms with Gasteiger partial charge in [-0.2, -0.15) is 0 Å². The summed E-state index contributed by atoms with van der Waals surface area (Å²) in [5, 5.41) is 2.49. The standard InChI is InChI=1S/C15H16N2O4S/c1-21-13-8-5-9-14(10-13)22(19,20)17-15(18)16-11-12-6-3-2-4-7-12/h2-10H,11H2,1H3,(H2,16,17,18). The Balaban J connectivity index is 2.00. The van der Waals surface area contributed by atoms with Crippen molar-refractivity contribution in [2.45, 2.75) is 11.4 Å². The number of hydrogen-bond donors (Lipinski definition) is 2. The number of carbonyl (C=O) groups is 1. The third-order valence-electron chi connectivity index (χ3n) is 2.87. The number of urea groups is 1. The molecule has 6 nitrogen and oxygen atoms in total. The van der Waals surface area contributed by atoms with Crippen molar-refractivity contribution in [2.75, 3.05) is 7.11 Å². The summed E-state index contributed by atoms with van der Waals surface area (Å²) in [7, 11) is -2.50. The number of sulfonamides is 1. The SMILES string of the molecule is COc1cccc(S(=O)(=O)NC(=O)NCc2ccccc2)c1. The van der Waals surface area contributed by atoms with Gasteiger partial charge in [0.05, 0.1) is 12.0 Å². The molecule has 2 aromatic rings. The molecule has 0 spiro atoms. The zero-order valence-electron chi connectivity index (χ0n) is 11.9. The van der Waals surface area contributed by atoms with Gasteiger partial charge in [0, 0.05) is 12.6 Å². The smallest absolute Gasteiger partial charge is 0.328 e. The normalized spacial score (nSPS) is 10.8. The molecule has 0 bridgehead atoms. The first-order chi connectivity index (χ1) is 10.5. The molecule has 0 aliphatic heterocycles. The van der Waals surface area contributed by atoms with Crippen molar-refractivity contribution in [3.63, 3.8) is 0 Å². The zero-order chi connectivity index (χ0) is 16.0. The van der Waals surface area contributed by atoms with E-state index in [9.17, 15) is 13.2 Å². The highest BCUT2D eigenvalue weighted by Gasteiger charge is 2.17. The molecule has 0 radical (unpaired) electrons. The first kappa shape index (κ1) is 15.8. The van der Waals surface area contributed by atoms with Crippen LogP contribution in [0.15, 0.2) is 59.5 Å².